The summed E-state index contributed by atoms with van der Waals surface area (Å²) in [7, 11) is 0. The second-order valence-corrected chi connectivity index (χ2v) is 2.83. The van der Waals surface area contributed by atoms with Gasteiger partial charge in [-0.2, -0.15) is 0 Å². The maximum atomic E-state index is 10.9. The molecule has 0 fully saturated rings. The molecule has 0 aliphatic rings. The van der Waals surface area contributed by atoms with Crippen molar-refractivity contribution in [3.8, 4) is 0 Å². The number of ether oxygens (including phenoxy) is 1. The second kappa shape index (κ2) is 9.48. The van der Waals surface area contributed by atoms with Crippen LogP contribution in [0.15, 0.2) is 0 Å². The molecule has 0 rings (SSSR count). The molecule has 0 radical (unpaired) electrons. The summed E-state index contributed by atoms with van der Waals surface area (Å²) in [5.74, 6) is -0.216. The number of unbranched alkanes of at least 4 members (excludes halogenated alkanes) is 2. The zero-order valence-electron chi connectivity index (χ0n) is 7.87. The van der Waals surface area contributed by atoms with Crippen molar-refractivity contribution in [3.63, 3.8) is 0 Å². The summed E-state index contributed by atoms with van der Waals surface area (Å²) >= 11 is 0. The van der Waals surface area contributed by atoms with Gasteiger partial charge in [0.1, 0.15) is 0 Å². The highest BCUT2D eigenvalue weighted by atomic mass is 16.5. The van der Waals surface area contributed by atoms with E-state index in [1.807, 2.05) is 0 Å². The molecule has 0 spiro atoms. The van der Waals surface area contributed by atoms with Gasteiger partial charge in [-0.15, -0.1) is 0 Å². The van der Waals surface area contributed by atoms with Gasteiger partial charge in [0.2, 0.25) is 0 Å². The number of hydrogen-bond donors (Lipinski definition) is 2. The van der Waals surface area contributed by atoms with Crippen molar-refractivity contribution in [1.82, 2.24) is 0 Å². The van der Waals surface area contributed by atoms with Crippen LogP contribution in [0.4, 0.5) is 0 Å². The molecule has 0 aliphatic heterocycles. The number of aliphatic hydroxyl groups excluding tert-OH is 2. The van der Waals surface area contributed by atoms with Crippen LogP contribution in [0.25, 0.3) is 0 Å². The molecule has 0 bridgehead atoms. The first-order chi connectivity index (χ1) is 6.31. The minimum atomic E-state index is -0.216. The molecule has 4 nitrogen and oxygen atoms in total. The minimum absolute atomic E-state index is 0.0534. The highest BCUT2D eigenvalue weighted by Crippen LogP contribution is 2.00. The maximum Gasteiger partial charge on any atom is 0.305 e. The molecule has 2 N–H and O–H groups in total. The van der Waals surface area contributed by atoms with Crippen LogP contribution in [0.1, 0.15) is 32.1 Å². The van der Waals surface area contributed by atoms with Gasteiger partial charge in [0.25, 0.3) is 0 Å². The van der Waals surface area contributed by atoms with E-state index in [0.717, 1.165) is 19.3 Å². The van der Waals surface area contributed by atoms with Crippen molar-refractivity contribution < 1.29 is 19.7 Å². The molecule has 78 valence electrons. The monoisotopic (exact) mass is 190 g/mol. The van der Waals surface area contributed by atoms with E-state index in [9.17, 15) is 4.79 Å². The fourth-order valence-corrected chi connectivity index (χ4v) is 0.881. The van der Waals surface area contributed by atoms with E-state index in [-0.39, 0.29) is 19.2 Å². The Hall–Kier alpha value is -0.610. The summed E-state index contributed by atoms with van der Waals surface area (Å²) in [4.78, 5) is 10.9. The Morgan fingerprint density at radius 2 is 1.69 bits per heavy atom. The predicted octanol–water partition coefficient (Wildman–Crippen LogP) is 0.465. The van der Waals surface area contributed by atoms with Crippen molar-refractivity contribution in [2.45, 2.75) is 32.1 Å². The Kier molecular flexibility index (Phi) is 9.03. The summed E-state index contributed by atoms with van der Waals surface area (Å²) in [6.07, 6.45) is 3.27. The maximum absolute atomic E-state index is 10.9. The number of carbonyl (C=O) groups is 1. The summed E-state index contributed by atoms with van der Waals surface area (Å²) < 4.78 is 4.80. The summed E-state index contributed by atoms with van der Waals surface area (Å²) in [6, 6.07) is 0. The lowest BCUT2D eigenvalue weighted by molar-refractivity contribution is -0.144. The Labute approximate surface area is 78.5 Å². The average molecular weight is 190 g/mol. The highest BCUT2D eigenvalue weighted by Gasteiger charge is 2.01. The molecular formula is C9H18O4. The normalized spacial score (nSPS) is 10.0. The summed E-state index contributed by atoms with van der Waals surface area (Å²) in [6.45, 7) is 0.534. The molecule has 4 heteroatoms. The summed E-state index contributed by atoms with van der Waals surface area (Å²) in [5.41, 5.74) is 0. The number of hydrogen-bond acceptors (Lipinski definition) is 4. The van der Waals surface area contributed by atoms with Crippen LogP contribution in [0.2, 0.25) is 0 Å². The second-order valence-electron chi connectivity index (χ2n) is 2.83. The van der Waals surface area contributed by atoms with E-state index >= 15 is 0 Å². The van der Waals surface area contributed by atoms with E-state index in [1.54, 1.807) is 0 Å². The molecule has 0 heterocycles. The van der Waals surface area contributed by atoms with Gasteiger partial charge in [-0.1, -0.05) is 6.42 Å². The van der Waals surface area contributed by atoms with Crippen LogP contribution in [0.5, 0.6) is 0 Å². The van der Waals surface area contributed by atoms with Crippen molar-refractivity contribution >= 4 is 5.97 Å². The van der Waals surface area contributed by atoms with Crippen LogP contribution in [0.3, 0.4) is 0 Å². The zero-order chi connectivity index (χ0) is 9.94. The van der Waals surface area contributed by atoms with Crippen LogP contribution in [-0.2, 0) is 9.53 Å². The molecule has 13 heavy (non-hydrogen) atoms. The first-order valence-corrected chi connectivity index (χ1v) is 4.68. The molecule has 0 saturated carbocycles. The van der Waals surface area contributed by atoms with Crippen molar-refractivity contribution in [2.24, 2.45) is 0 Å². The lowest BCUT2D eigenvalue weighted by Gasteiger charge is -2.02. The fraction of sp³-hybridized carbons (Fsp3) is 0.889. The molecule has 0 aromatic carbocycles. The first-order valence-electron chi connectivity index (χ1n) is 4.68. The van der Waals surface area contributed by atoms with E-state index in [4.69, 9.17) is 14.9 Å². The molecule has 0 aromatic heterocycles. The van der Waals surface area contributed by atoms with Gasteiger partial charge in [-0.3, -0.25) is 4.79 Å². The number of carbonyl (C=O) groups excluding carboxylic acids is 1. The third-order valence-electron chi connectivity index (χ3n) is 1.60. The topological polar surface area (TPSA) is 66.8 Å². The van der Waals surface area contributed by atoms with Gasteiger partial charge in [-0.05, 0) is 12.8 Å². The zero-order valence-corrected chi connectivity index (χ0v) is 7.87. The van der Waals surface area contributed by atoms with E-state index < -0.39 is 0 Å². The van der Waals surface area contributed by atoms with Crippen molar-refractivity contribution in [1.29, 1.82) is 0 Å². The van der Waals surface area contributed by atoms with E-state index in [0.29, 0.717) is 19.4 Å². The van der Waals surface area contributed by atoms with Gasteiger partial charge < -0.3 is 14.9 Å². The van der Waals surface area contributed by atoms with Crippen molar-refractivity contribution in [3.05, 3.63) is 0 Å². The molecular weight excluding hydrogens is 172 g/mol. The van der Waals surface area contributed by atoms with Gasteiger partial charge in [0.15, 0.2) is 0 Å². The van der Waals surface area contributed by atoms with Crippen LogP contribution < -0.4 is 0 Å². The van der Waals surface area contributed by atoms with E-state index in [2.05, 4.69) is 0 Å². The Morgan fingerprint density at radius 1 is 1.00 bits per heavy atom. The molecule has 0 atom stereocenters. The first kappa shape index (κ1) is 12.4. The summed E-state index contributed by atoms with van der Waals surface area (Å²) in [5, 5.41) is 16.9. The standard InChI is InChI=1S/C9H18O4/c10-6-3-1-2-5-9(12)13-8-4-7-11/h10-11H,1-8H2. The molecule has 0 amide bonds. The largest absolute Gasteiger partial charge is 0.466 e. The van der Waals surface area contributed by atoms with Gasteiger partial charge in [0, 0.05) is 26.1 Å². The molecule has 0 saturated heterocycles. The Balaban J connectivity index is 3.11. The lowest BCUT2D eigenvalue weighted by atomic mass is 10.2. The smallest absolute Gasteiger partial charge is 0.305 e. The van der Waals surface area contributed by atoms with Gasteiger partial charge in [-0.25, -0.2) is 0 Å². The molecule has 0 unspecified atom stereocenters. The van der Waals surface area contributed by atoms with Crippen molar-refractivity contribution in [2.75, 3.05) is 19.8 Å². The molecule has 0 aromatic rings. The highest BCUT2D eigenvalue weighted by molar-refractivity contribution is 5.69. The number of esters is 1. The molecule has 0 aliphatic carbocycles. The Morgan fingerprint density at radius 3 is 2.31 bits per heavy atom. The lowest BCUT2D eigenvalue weighted by Crippen LogP contribution is -2.06. The Bertz CT molecular complexity index is 125. The number of rotatable bonds is 8. The predicted molar refractivity (Wildman–Crippen MR) is 48.2 cm³/mol. The number of aliphatic hydroxyl groups is 2. The van der Waals surface area contributed by atoms with Crippen LogP contribution in [0, 0.1) is 0 Å². The van der Waals surface area contributed by atoms with Gasteiger partial charge >= 0.3 is 5.97 Å². The third-order valence-corrected chi connectivity index (χ3v) is 1.60. The average Bonchev–Trinajstić information content (AvgIpc) is 2.13. The van der Waals surface area contributed by atoms with Gasteiger partial charge in [0.05, 0.1) is 6.61 Å². The van der Waals surface area contributed by atoms with E-state index in [1.165, 1.54) is 0 Å². The van der Waals surface area contributed by atoms with Crippen LogP contribution >= 0.6 is 0 Å². The SMILES string of the molecule is O=C(CCCCCO)OCCCO. The quantitative estimate of drug-likeness (QED) is 0.431. The van der Waals surface area contributed by atoms with Crippen LogP contribution in [-0.4, -0.2) is 36.0 Å². The minimum Gasteiger partial charge on any atom is -0.466 e. The third kappa shape index (κ3) is 9.30. The fourth-order valence-electron chi connectivity index (χ4n) is 0.881.